The second-order valence-corrected chi connectivity index (χ2v) is 7.55. The second kappa shape index (κ2) is 11.1. The minimum Gasteiger partial charge on any atom is -0.493 e. The number of nitrogens with one attached hydrogen (secondary N) is 2. The molecule has 3 aromatic carbocycles. The quantitative estimate of drug-likeness (QED) is 0.525. The van der Waals surface area contributed by atoms with Crippen molar-refractivity contribution in [3.05, 3.63) is 90.0 Å². The van der Waals surface area contributed by atoms with E-state index in [1.807, 2.05) is 24.3 Å². The van der Waals surface area contributed by atoms with Gasteiger partial charge in [0.2, 0.25) is 5.91 Å². The fourth-order valence-corrected chi connectivity index (χ4v) is 3.16. The summed E-state index contributed by atoms with van der Waals surface area (Å²) >= 11 is 5.26. The van der Waals surface area contributed by atoms with Gasteiger partial charge in [-0.25, -0.2) is 0 Å². The Balaban J connectivity index is 1.52. The molecule has 0 aromatic heterocycles. The van der Waals surface area contributed by atoms with Crippen LogP contribution in [0.3, 0.4) is 0 Å². The first-order chi connectivity index (χ1) is 15.4. The predicted molar refractivity (Wildman–Crippen MR) is 131 cm³/mol. The van der Waals surface area contributed by atoms with Gasteiger partial charge in [-0.1, -0.05) is 36.4 Å². The molecule has 0 unspecified atom stereocenters. The molecule has 0 aliphatic rings. The number of anilines is 2. The first-order valence-electron chi connectivity index (χ1n) is 10.2. The molecule has 0 atom stereocenters. The maximum absolute atomic E-state index is 12.6. The van der Waals surface area contributed by atoms with Crippen LogP contribution >= 0.6 is 12.2 Å². The second-order valence-electron chi connectivity index (χ2n) is 7.15. The highest BCUT2D eigenvalue weighted by Gasteiger charge is 2.10. The van der Waals surface area contributed by atoms with Crippen molar-refractivity contribution in [3.63, 3.8) is 0 Å². The third-order valence-electron chi connectivity index (χ3n) is 4.81. The van der Waals surface area contributed by atoms with Crippen molar-refractivity contribution in [1.82, 2.24) is 5.32 Å². The van der Waals surface area contributed by atoms with E-state index in [1.165, 1.54) is 12.5 Å². The fraction of sp³-hybridized carbons (Fsp3) is 0.160. The third kappa shape index (κ3) is 6.65. The van der Waals surface area contributed by atoms with Crippen molar-refractivity contribution in [2.45, 2.75) is 13.3 Å². The van der Waals surface area contributed by atoms with Crippen molar-refractivity contribution in [3.8, 4) is 5.75 Å². The highest BCUT2D eigenvalue weighted by atomic mass is 32.1. The summed E-state index contributed by atoms with van der Waals surface area (Å²) in [5, 5.41) is 5.82. The monoisotopic (exact) mass is 447 g/mol. The number of hydrogen-bond acceptors (Lipinski definition) is 4. The van der Waals surface area contributed by atoms with Gasteiger partial charge in [0.15, 0.2) is 5.11 Å². The lowest BCUT2D eigenvalue weighted by Crippen LogP contribution is -2.34. The zero-order valence-corrected chi connectivity index (χ0v) is 18.8. The molecule has 3 rings (SSSR count). The van der Waals surface area contributed by atoms with Crippen LogP contribution in [0.5, 0.6) is 5.75 Å². The highest BCUT2D eigenvalue weighted by molar-refractivity contribution is 7.80. The Labute approximate surface area is 193 Å². The molecule has 0 spiro atoms. The Morgan fingerprint density at radius 1 is 0.969 bits per heavy atom. The molecule has 2 amide bonds. The van der Waals surface area contributed by atoms with Crippen LogP contribution in [0, 0.1) is 0 Å². The SMILES string of the molecule is CC(=O)N(C)c1ccc(NC(=S)NC(=O)c2cccc(OCCc3ccccc3)c2)cc1. The Kier molecular flexibility index (Phi) is 7.94. The normalized spacial score (nSPS) is 10.2. The molecule has 7 heteroatoms. The lowest BCUT2D eigenvalue weighted by Gasteiger charge is -2.16. The standard InChI is InChI=1S/C25H25N3O3S/c1-18(29)28(2)22-13-11-21(12-14-22)26-25(32)27-24(30)20-9-6-10-23(17-20)31-16-15-19-7-4-3-5-8-19/h3-14,17H,15-16H2,1-2H3,(H2,26,27,30,32). The zero-order valence-electron chi connectivity index (χ0n) is 18.0. The van der Waals surface area contributed by atoms with Gasteiger partial charge in [-0.05, 0) is 60.2 Å². The minimum absolute atomic E-state index is 0.0558. The Bertz CT molecular complexity index is 1090. The van der Waals surface area contributed by atoms with E-state index in [9.17, 15) is 9.59 Å². The number of hydrogen-bond donors (Lipinski definition) is 2. The lowest BCUT2D eigenvalue weighted by molar-refractivity contribution is -0.116. The van der Waals surface area contributed by atoms with E-state index in [0.29, 0.717) is 23.6 Å². The first kappa shape index (κ1) is 23.0. The number of ether oxygens (including phenoxy) is 1. The van der Waals surface area contributed by atoms with Crippen LogP contribution in [0.2, 0.25) is 0 Å². The molecule has 0 aliphatic heterocycles. The summed E-state index contributed by atoms with van der Waals surface area (Å²) in [7, 11) is 1.70. The number of carbonyl (C=O) groups excluding carboxylic acids is 2. The average molecular weight is 448 g/mol. The number of nitrogens with zero attached hydrogens (tertiary/aromatic N) is 1. The molecule has 0 heterocycles. The van der Waals surface area contributed by atoms with Gasteiger partial charge in [0.25, 0.3) is 5.91 Å². The summed E-state index contributed by atoms with van der Waals surface area (Å²) in [6.07, 6.45) is 0.784. The maximum Gasteiger partial charge on any atom is 0.257 e. The van der Waals surface area contributed by atoms with Crippen LogP contribution in [0.25, 0.3) is 0 Å². The van der Waals surface area contributed by atoms with E-state index in [2.05, 4.69) is 22.8 Å². The molecule has 0 fully saturated rings. The van der Waals surface area contributed by atoms with Crippen LogP contribution in [0.4, 0.5) is 11.4 Å². The average Bonchev–Trinajstić information content (AvgIpc) is 2.80. The fourth-order valence-electron chi connectivity index (χ4n) is 2.95. The van der Waals surface area contributed by atoms with Crippen LogP contribution < -0.4 is 20.3 Å². The summed E-state index contributed by atoms with van der Waals surface area (Å²) in [4.78, 5) is 25.6. The van der Waals surface area contributed by atoms with Crippen molar-refractivity contribution < 1.29 is 14.3 Å². The number of thiocarbonyl (C=S) groups is 1. The van der Waals surface area contributed by atoms with Gasteiger partial charge in [0, 0.05) is 37.3 Å². The molecular weight excluding hydrogens is 422 g/mol. The van der Waals surface area contributed by atoms with Crippen molar-refractivity contribution >= 4 is 40.5 Å². The molecule has 0 saturated heterocycles. The van der Waals surface area contributed by atoms with E-state index in [4.69, 9.17) is 17.0 Å². The van der Waals surface area contributed by atoms with Crippen LogP contribution in [-0.2, 0) is 11.2 Å². The van der Waals surface area contributed by atoms with Crippen molar-refractivity contribution in [1.29, 1.82) is 0 Å². The molecule has 0 saturated carbocycles. The van der Waals surface area contributed by atoms with E-state index >= 15 is 0 Å². The molecule has 3 aromatic rings. The van der Waals surface area contributed by atoms with Crippen molar-refractivity contribution in [2.24, 2.45) is 0 Å². The van der Waals surface area contributed by atoms with Gasteiger partial charge in [-0.3, -0.25) is 14.9 Å². The van der Waals surface area contributed by atoms with Gasteiger partial charge in [0.1, 0.15) is 5.75 Å². The zero-order chi connectivity index (χ0) is 22.9. The number of rotatable bonds is 7. The smallest absolute Gasteiger partial charge is 0.257 e. The topological polar surface area (TPSA) is 70.7 Å². The predicted octanol–water partition coefficient (Wildman–Crippen LogP) is 4.42. The maximum atomic E-state index is 12.6. The molecule has 32 heavy (non-hydrogen) atoms. The molecule has 0 radical (unpaired) electrons. The third-order valence-corrected chi connectivity index (χ3v) is 5.01. The molecule has 6 nitrogen and oxygen atoms in total. The summed E-state index contributed by atoms with van der Waals surface area (Å²) in [5.74, 6) is 0.237. The summed E-state index contributed by atoms with van der Waals surface area (Å²) < 4.78 is 5.79. The van der Waals surface area contributed by atoms with Crippen LogP contribution in [0.1, 0.15) is 22.8 Å². The molecule has 2 N–H and O–H groups in total. The summed E-state index contributed by atoms with van der Waals surface area (Å²) in [6, 6.07) is 24.2. The summed E-state index contributed by atoms with van der Waals surface area (Å²) in [6.45, 7) is 2.02. The highest BCUT2D eigenvalue weighted by Crippen LogP contribution is 2.17. The Hall–Kier alpha value is -3.71. The van der Waals surface area contributed by atoms with Gasteiger partial charge >= 0.3 is 0 Å². The Morgan fingerprint density at radius 3 is 2.38 bits per heavy atom. The molecule has 0 aliphatic carbocycles. The van der Waals surface area contributed by atoms with Gasteiger partial charge in [-0.15, -0.1) is 0 Å². The number of carbonyl (C=O) groups is 2. The summed E-state index contributed by atoms with van der Waals surface area (Å²) in [5.41, 5.74) is 3.11. The molecule has 0 bridgehead atoms. The van der Waals surface area contributed by atoms with Crippen LogP contribution in [-0.4, -0.2) is 30.6 Å². The minimum atomic E-state index is -0.330. The number of benzene rings is 3. The van der Waals surface area contributed by atoms with Gasteiger partial charge in [0.05, 0.1) is 6.61 Å². The Morgan fingerprint density at radius 2 is 1.69 bits per heavy atom. The van der Waals surface area contributed by atoms with E-state index in [-0.39, 0.29) is 16.9 Å². The molecule has 164 valence electrons. The van der Waals surface area contributed by atoms with E-state index < -0.39 is 0 Å². The number of amides is 2. The largest absolute Gasteiger partial charge is 0.493 e. The van der Waals surface area contributed by atoms with Crippen LogP contribution in [0.15, 0.2) is 78.9 Å². The first-order valence-corrected chi connectivity index (χ1v) is 10.6. The molecular formula is C25H25N3O3S. The lowest BCUT2D eigenvalue weighted by atomic mass is 10.2. The van der Waals surface area contributed by atoms with Crippen molar-refractivity contribution in [2.75, 3.05) is 23.9 Å². The van der Waals surface area contributed by atoms with Gasteiger partial charge < -0.3 is 15.0 Å². The van der Waals surface area contributed by atoms with E-state index in [0.717, 1.165) is 12.1 Å². The van der Waals surface area contributed by atoms with E-state index in [1.54, 1.807) is 54.4 Å². The van der Waals surface area contributed by atoms with Gasteiger partial charge in [-0.2, -0.15) is 0 Å².